The van der Waals surface area contributed by atoms with Crippen molar-refractivity contribution in [3.63, 3.8) is 0 Å². The highest BCUT2D eigenvalue weighted by Gasteiger charge is 2.26. The first-order chi connectivity index (χ1) is 14.4. The quantitative estimate of drug-likeness (QED) is 0.725. The van der Waals surface area contributed by atoms with Crippen LogP contribution in [0.5, 0.6) is 11.5 Å². The highest BCUT2D eigenvalue weighted by Crippen LogP contribution is 2.31. The number of carbonyl (C=O) groups is 2. The second-order valence-electron chi connectivity index (χ2n) is 7.82. The number of aryl methyl sites for hydroxylation is 1. The molecule has 0 aromatic heterocycles. The standard InChI is InChI=1S/C24H30N2O4/c1-17(2)25-24(28)18(3)26(16-20-7-5-4-6-8-20)23(27)12-10-19-9-11-21-22(15-19)30-14-13-29-21/h4-9,11,15,17-18H,10,12-14,16H2,1-3H3,(H,25,28)/t18-/m0/s1. The molecule has 3 rings (SSSR count). The normalized spacial score (nSPS) is 13.6. The van der Waals surface area contributed by atoms with E-state index in [9.17, 15) is 9.59 Å². The Hall–Kier alpha value is -3.02. The van der Waals surface area contributed by atoms with E-state index in [1.165, 1.54) is 0 Å². The van der Waals surface area contributed by atoms with E-state index in [0.717, 1.165) is 22.6 Å². The van der Waals surface area contributed by atoms with E-state index in [0.29, 0.717) is 32.6 Å². The van der Waals surface area contributed by atoms with Gasteiger partial charge < -0.3 is 19.7 Å². The van der Waals surface area contributed by atoms with Crippen LogP contribution >= 0.6 is 0 Å². The maximum atomic E-state index is 13.1. The van der Waals surface area contributed by atoms with Crippen LogP contribution in [-0.2, 0) is 22.6 Å². The van der Waals surface area contributed by atoms with Gasteiger partial charge in [0, 0.05) is 19.0 Å². The third-order valence-corrected chi connectivity index (χ3v) is 5.03. The lowest BCUT2D eigenvalue weighted by Gasteiger charge is -2.29. The van der Waals surface area contributed by atoms with Crippen molar-refractivity contribution in [3.8, 4) is 11.5 Å². The van der Waals surface area contributed by atoms with Gasteiger partial charge in [0.2, 0.25) is 11.8 Å². The van der Waals surface area contributed by atoms with Crippen LogP contribution in [-0.4, -0.2) is 42.0 Å². The Balaban J connectivity index is 1.70. The van der Waals surface area contributed by atoms with Gasteiger partial charge in [0.05, 0.1) is 0 Å². The molecule has 1 N–H and O–H groups in total. The SMILES string of the molecule is CC(C)NC(=O)[C@H](C)N(Cc1ccccc1)C(=O)CCc1ccc2c(c1)OCCO2. The monoisotopic (exact) mass is 410 g/mol. The minimum Gasteiger partial charge on any atom is -0.486 e. The van der Waals surface area contributed by atoms with Gasteiger partial charge in [0.1, 0.15) is 19.3 Å². The Morgan fingerprint density at radius 1 is 0.967 bits per heavy atom. The summed E-state index contributed by atoms with van der Waals surface area (Å²) in [6, 6.07) is 15.0. The zero-order chi connectivity index (χ0) is 21.5. The number of nitrogens with zero attached hydrogens (tertiary/aromatic N) is 1. The molecule has 30 heavy (non-hydrogen) atoms. The molecular formula is C24H30N2O4. The number of ether oxygens (including phenoxy) is 2. The fourth-order valence-electron chi connectivity index (χ4n) is 3.41. The van der Waals surface area contributed by atoms with E-state index in [-0.39, 0.29) is 17.9 Å². The number of carbonyl (C=O) groups excluding carboxylic acids is 2. The van der Waals surface area contributed by atoms with Crippen LogP contribution in [0.25, 0.3) is 0 Å². The molecule has 2 amide bonds. The fourth-order valence-corrected chi connectivity index (χ4v) is 3.41. The Labute approximate surface area is 178 Å². The van der Waals surface area contributed by atoms with Gasteiger partial charge in [0.15, 0.2) is 11.5 Å². The van der Waals surface area contributed by atoms with E-state index in [4.69, 9.17) is 9.47 Å². The van der Waals surface area contributed by atoms with Crippen molar-refractivity contribution in [2.75, 3.05) is 13.2 Å². The molecule has 1 heterocycles. The number of fused-ring (bicyclic) bond motifs is 1. The number of benzene rings is 2. The topological polar surface area (TPSA) is 67.9 Å². The summed E-state index contributed by atoms with van der Waals surface area (Å²) in [5.74, 6) is 1.26. The van der Waals surface area contributed by atoms with Crippen LogP contribution < -0.4 is 14.8 Å². The zero-order valence-corrected chi connectivity index (χ0v) is 17.9. The molecule has 1 aliphatic rings. The molecule has 1 aliphatic heterocycles. The van der Waals surface area contributed by atoms with Crippen molar-refractivity contribution >= 4 is 11.8 Å². The Morgan fingerprint density at radius 3 is 2.37 bits per heavy atom. The van der Waals surface area contributed by atoms with Crippen LogP contribution in [0.3, 0.4) is 0 Å². The van der Waals surface area contributed by atoms with E-state index in [2.05, 4.69) is 5.32 Å². The molecular weight excluding hydrogens is 380 g/mol. The lowest BCUT2D eigenvalue weighted by molar-refractivity contribution is -0.140. The molecule has 0 saturated carbocycles. The molecule has 0 radical (unpaired) electrons. The van der Waals surface area contributed by atoms with Crippen molar-refractivity contribution in [1.82, 2.24) is 10.2 Å². The molecule has 0 spiro atoms. The summed E-state index contributed by atoms with van der Waals surface area (Å²) >= 11 is 0. The molecule has 2 aromatic carbocycles. The average molecular weight is 411 g/mol. The molecule has 160 valence electrons. The Morgan fingerprint density at radius 2 is 1.67 bits per heavy atom. The molecule has 2 aromatic rings. The van der Waals surface area contributed by atoms with Crippen LogP contribution in [0.15, 0.2) is 48.5 Å². The van der Waals surface area contributed by atoms with Crippen LogP contribution in [0.1, 0.15) is 38.3 Å². The smallest absolute Gasteiger partial charge is 0.242 e. The highest BCUT2D eigenvalue weighted by molar-refractivity contribution is 5.87. The van der Waals surface area contributed by atoms with Gasteiger partial charge in [-0.05, 0) is 50.5 Å². The summed E-state index contributed by atoms with van der Waals surface area (Å²) in [5, 5.41) is 2.91. The second-order valence-corrected chi connectivity index (χ2v) is 7.82. The number of hydrogen-bond donors (Lipinski definition) is 1. The number of rotatable bonds is 8. The van der Waals surface area contributed by atoms with Crippen molar-refractivity contribution in [2.24, 2.45) is 0 Å². The van der Waals surface area contributed by atoms with Crippen LogP contribution in [0, 0.1) is 0 Å². The second kappa shape index (κ2) is 10.1. The molecule has 0 fully saturated rings. The van der Waals surface area contributed by atoms with Gasteiger partial charge in [-0.2, -0.15) is 0 Å². The summed E-state index contributed by atoms with van der Waals surface area (Å²) in [4.78, 5) is 27.4. The predicted molar refractivity (Wildman–Crippen MR) is 115 cm³/mol. The van der Waals surface area contributed by atoms with E-state index >= 15 is 0 Å². The van der Waals surface area contributed by atoms with E-state index < -0.39 is 6.04 Å². The number of nitrogens with one attached hydrogen (secondary N) is 1. The maximum Gasteiger partial charge on any atom is 0.242 e. The van der Waals surface area contributed by atoms with Crippen molar-refractivity contribution in [1.29, 1.82) is 0 Å². The summed E-state index contributed by atoms with van der Waals surface area (Å²) in [6.45, 7) is 7.08. The molecule has 6 nitrogen and oxygen atoms in total. The van der Waals surface area contributed by atoms with E-state index in [1.54, 1.807) is 11.8 Å². The summed E-state index contributed by atoms with van der Waals surface area (Å²) < 4.78 is 11.2. The van der Waals surface area contributed by atoms with Gasteiger partial charge >= 0.3 is 0 Å². The average Bonchev–Trinajstić information content (AvgIpc) is 2.75. The molecule has 0 bridgehead atoms. The number of hydrogen-bond acceptors (Lipinski definition) is 4. The van der Waals surface area contributed by atoms with Crippen molar-refractivity contribution in [2.45, 2.75) is 52.2 Å². The third-order valence-electron chi connectivity index (χ3n) is 5.03. The highest BCUT2D eigenvalue weighted by atomic mass is 16.6. The van der Waals surface area contributed by atoms with Gasteiger partial charge in [-0.25, -0.2) is 0 Å². The number of amides is 2. The van der Waals surface area contributed by atoms with Crippen molar-refractivity contribution in [3.05, 3.63) is 59.7 Å². The molecule has 0 aliphatic carbocycles. The fraction of sp³-hybridized carbons (Fsp3) is 0.417. The lowest BCUT2D eigenvalue weighted by Crippen LogP contribution is -2.49. The Kier molecular flexibility index (Phi) is 7.33. The molecule has 1 atom stereocenters. The summed E-state index contributed by atoms with van der Waals surface area (Å²) in [7, 11) is 0. The molecule has 6 heteroatoms. The summed E-state index contributed by atoms with van der Waals surface area (Å²) in [6.07, 6.45) is 0.880. The van der Waals surface area contributed by atoms with Crippen molar-refractivity contribution < 1.29 is 19.1 Å². The minimum absolute atomic E-state index is 0.0198. The summed E-state index contributed by atoms with van der Waals surface area (Å²) in [5.41, 5.74) is 2.00. The van der Waals surface area contributed by atoms with Gasteiger partial charge in [0.25, 0.3) is 0 Å². The predicted octanol–water partition coefficient (Wildman–Crippen LogP) is 3.33. The lowest BCUT2D eigenvalue weighted by atomic mass is 10.1. The first-order valence-corrected chi connectivity index (χ1v) is 10.5. The third kappa shape index (κ3) is 5.75. The molecule has 0 saturated heterocycles. The van der Waals surface area contributed by atoms with E-state index in [1.807, 2.05) is 62.4 Å². The minimum atomic E-state index is -0.555. The molecule has 0 unspecified atom stereocenters. The van der Waals surface area contributed by atoms with Crippen LogP contribution in [0.2, 0.25) is 0 Å². The van der Waals surface area contributed by atoms with Crippen LogP contribution in [0.4, 0.5) is 0 Å². The largest absolute Gasteiger partial charge is 0.486 e. The van der Waals surface area contributed by atoms with Gasteiger partial charge in [-0.3, -0.25) is 9.59 Å². The first-order valence-electron chi connectivity index (χ1n) is 10.5. The zero-order valence-electron chi connectivity index (χ0n) is 17.9. The maximum absolute atomic E-state index is 13.1. The van der Waals surface area contributed by atoms with Gasteiger partial charge in [-0.1, -0.05) is 36.4 Å². The Bertz CT molecular complexity index is 867. The first kappa shape index (κ1) is 21.7. The van der Waals surface area contributed by atoms with Gasteiger partial charge in [-0.15, -0.1) is 0 Å².